The summed E-state index contributed by atoms with van der Waals surface area (Å²) in [5.41, 5.74) is -1.24. The van der Waals surface area contributed by atoms with E-state index in [1.165, 1.54) is 22.6 Å². The Bertz CT molecular complexity index is 534. The molecule has 0 amide bonds. The van der Waals surface area contributed by atoms with Gasteiger partial charge in [-0.2, -0.15) is 0 Å². The number of carboxylic acids is 1. The van der Waals surface area contributed by atoms with Gasteiger partial charge in [-0.1, -0.05) is 0 Å². The Kier molecular flexibility index (Phi) is 4.49. The Morgan fingerprint density at radius 2 is 2.16 bits per heavy atom. The second-order valence-corrected chi connectivity index (χ2v) is 4.15. The lowest BCUT2D eigenvalue weighted by molar-refractivity contribution is -0.390. The molecule has 1 N–H and O–H groups in total. The van der Waals surface area contributed by atoms with E-state index in [2.05, 4.69) is 9.72 Å². The molecule has 0 aliphatic carbocycles. The van der Waals surface area contributed by atoms with E-state index in [1.807, 2.05) is 0 Å². The van der Waals surface area contributed by atoms with Gasteiger partial charge in [0.1, 0.15) is 0 Å². The summed E-state index contributed by atoms with van der Waals surface area (Å²) in [5, 5.41) is 19.2. The van der Waals surface area contributed by atoms with Crippen LogP contribution in [0.4, 0.5) is 18.9 Å². The van der Waals surface area contributed by atoms with Gasteiger partial charge in [0, 0.05) is 6.07 Å². The van der Waals surface area contributed by atoms with Crippen LogP contribution in [0.1, 0.15) is 5.69 Å². The van der Waals surface area contributed by atoms with Crippen LogP contribution >= 0.6 is 22.6 Å². The molecule has 0 aliphatic heterocycles. The minimum atomic E-state index is -5.13. The molecule has 0 aromatic carbocycles. The number of nitrogens with zero attached hydrogens (tertiary/aromatic N) is 2. The van der Waals surface area contributed by atoms with Crippen molar-refractivity contribution in [1.82, 2.24) is 4.98 Å². The second kappa shape index (κ2) is 5.54. The normalized spacial score (nSPS) is 11.2. The van der Waals surface area contributed by atoms with E-state index in [9.17, 15) is 28.1 Å². The molecule has 104 valence electrons. The summed E-state index contributed by atoms with van der Waals surface area (Å²) in [6.45, 7) is 0. The van der Waals surface area contributed by atoms with E-state index in [0.717, 1.165) is 0 Å². The number of hydrogen-bond donors (Lipinski definition) is 1. The number of rotatable bonds is 4. The molecule has 1 aromatic rings. The molecule has 11 heteroatoms. The van der Waals surface area contributed by atoms with Crippen LogP contribution in [0.25, 0.3) is 0 Å². The highest BCUT2D eigenvalue weighted by molar-refractivity contribution is 14.1. The highest BCUT2D eigenvalue weighted by Crippen LogP contribution is 2.35. The molecule has 0 unspecified atom stereocenters. The first kappa shape index (κ1) is 15.4. The first-order chi connectivity index (χ1) is 8.60. The molecule has 0 spiro atoms. The fraction of sp³-hybridized carbons (Fsp3) is 0.250. The molecule has 0 atom stereocenters. The Balaban J connectivity index is 3.32. The van der Waals surface area contributed by atoms with Crippen molar-refractivity contribution in [3.63, 3.8) is 0 Å². The summed E-state index contributed by atoms with van der Waals surface area (Å²) in [6.07, 6.45) is -5.81. The van der Waals surface area contributed by atoms with Crippen molar-refractivity contribution in [1.29, 1.82) is 0 Å². The average molecular weight is 392 g/mol. The number of hydrogen-bond acceptors (Lipinski definition) is 5. The van der Waals surface area contributed by atoms with Crippen molar-refractivity contribution < 1.29 is 32.7 Å². The number of aliphatic carboxylic acids is 1. The highest BCUT2D eigenvalue weighted by Gasteiger charge is 2.36. The van der Waals surface area contributed by atoms with Gasteiger partial charge in [0.25, 0.3) is 0 Å². The predicted molar refractivity (Wildman–Crippen MR) is 61.6 cm³/mol. The zero-order chi connectivity index (χ0) is 14.8. The van der Waals surface area contributed by atoms with E-state index in [4.69, 9.17) is 5.11 Å². The number of alkyl halides is 3. The topological polar surface area (TPSA) is 103 Å². The standard InChI is InChI=1S/C8H4F3IN2O5/c9-8(10,11)19-4-1-3(2-5(15)16)13-7(12)6(4)14(17)18/h1H,2H2,(H,15,16). The van der Waals surface area contributed by atoms with Gasteiger partial charge in [-0.15, -0.1) is 13.2 Å². The van der Waals surface area contributed by atoms with Crippen LogP contribution in [0.15, 0.2) is 6.07 Å². The maximum Gasteiger partial charge on any atom is 0.573 e. The second-order valence-electron chi connectivity index (χ2n) is 3.13. The number of halogens is 4. The van der Waals surface area contributed by atoms with Crippen LogP contribution in [0.3, 0.4) is 0 Å². The molecule has 7 nitrogen and oxygen atoms in total. The fourth-order valence-electron chi connectivity index (χ4n) is 1.15. The van der Waals surface area contributed by atoms with Crippen LogP contribution < -0.4 is 4.74 Å². The Hall–Kier alpha value is -1.66. The summed E-state index contributed by atoms with van der Waals surface area (Å²) < 4.78 is 39.5. The minimum Gasteiger partial charge on any atom is -0.481 e. The van der Waals surface area contributed by atoms with Crippen LogP contribution in [0.5, 0.6) is 5.75 Å². The third-order valence-electron chi connectivity index (χ3n) is 1.71. The molecule has 0 bridgehead atoms. The SMILES string of the molecule is O=C(O)Cc1cc(OC(F)(F)F)c([N+](=O)[O-])c(I)n1. The molecule has 1 aromatic heterocycles. The molecule has 0 saturated carbocycles. The third kappa shape index (κ3) is 4.50. The third-order valence-corrected chi connectivity index (χ3v) is 2.46. The van der Waals surface area contributed by atoms with Gasteiger partial charge >= 0.3 is 18.0 Å². The van der Waals surface area contributed by atoms with Crippen LogP contribution in [-0.4, -0.2) is 27.3 Å². The lowest BCUT2D eigenvalue weighted by Gasteiger charge is -2.10. The number of carbonyl (C=O) groups is 1. The first-order valence-corrected chi connectivity index (χ1v) is 5.49. The van der Waals surface area contributed by atoms with Crippen molar-refractivity contribution in [2.45, 2.75) is 12.8 Å². The van der Waals surface area contributed by atoms with Gasteiger partial charge < -0.3 is 9.84 Å². The fourth-order valence-corrected chi connectivity index (χ4v) is 1.92. The molecular weight excluding hydrogens is 388 g/mol. The maximum absolute atomic E-state index is 12.1. The van der Waals surface area contributed by atoms with Gasteiger partial charge in [-0.3, -0.25) is 14.9 Å². The van der Waals surface area contributed by atoms with E-state index in [0.29, 0.717) is 6.07 Å². The van der Waals surface area contributed by atoms with Gasteiger partial charge in [0.05, 0.1) is 17.0 Å². The molecule has 1 heterocycles. The number of carboxylic acid groups (broad SMARTS) is 1. The number of nitro groups is 1. The minimum absolute atomic E-state index is 0.276. The van der Waals surface area contributed by atoms with Crippen molar-refractivity contribution in [3.8, 4) is 5.75 Å². The first-order valence-electron chi connectivity index (χ1n) is 4.41. The number of aromatic nitrogens is 1. The highest BCUT2D eigenvalue weighted by atomic mass is 127. The summed E-state index contributed by atoms with van der Waals surface area (Å²) in [7, 11) is 0. The van der Waals surface area contributed by atoms with Crippen LogP contribution in [-0.2, 0) is 11.2 Å². The Labute approximate surface area is 116 Å². The van der Waals surface area contributed by atoms with E-state index in [-0.39, 0.29) is 9.39 Å². The Morgan fingerprint density at radius 1 is 1.58 bits per heavy atom. The van der Waals surface area contributed by atoms with E-state index >= 15 is 0 Å². The number of ether oxygens (including phenoxy) is 1. The van der Waals surface area contributed by atoms with Gasteiger partial charge in [0.15, 0.2) is 3.70 Å². The van der Waals surface area contributed by atoms with Crippen LogP contribution in [0, 0.1) is 13.8 Å². The quantitative estimate of drug-likeness (QED) is 0.365. The smallest absolute Gasteiger partial charge is 0.481 e. The average Bonchev–Trinajstić information content (AvgIpc) is 2.10. The lowest BCUT2D eigenvalue weighted by atomic mass is 10.2. The molecule has 1 rings (SSSR count). The Morgan fingerprint density at radius 3 is 2.58 bits per heavy atom. The monoisotopic (exact) mass is 392 g/mol. The van der Waals surface area contributed by atoms with Crippen molar-refractivity contribution in [3.05, 3.63) is 25.6 Å². The molecule has 0 saturated heterocycles. The summed E-state index contributed by atoms with van der Waals surface area (Å²) >= 11 is 1.33. The van der Waals surface area contributed by atoms with Crippen molar-refractivity contribution in [2.24, 2.45) is 0 Å². The van der Waals surface area contributed by atoms with Gasteiger partial charge in [-0.05, 0) is 22.6 Å². The van der Waals surface area contributed by atoms with Crippen LogP contribution in [0.2, 0.25) is 0 Å². The molecule has 0 fully saturated rings. The van der Waals surface area contributed by atoms with E-state index in [1.54, 1.807) is 0 Å². The summed E-state index contributed by atoms with van der Waals surface area (Å²) in [4.78, 5) is 23.6. The molecular formula is C8H4F3IN2O5. The summed E-state index contributed by atoms with van der Waals surface area (Å²) in [5.74, 6) is -2.43. The molecule has 19 heavy (non-hydrogen) atoms. The van der Waals surface area contributed by atoms with E-state index < -0.39 is 35.1 Å². The van der Waals surface area contributed by atoms with Gasteiger partial charge in [-0.25, -0.2) is 4.98 Å². The van der Waals surface area contributed by atoms with Crippen molar-refractivity contribution in [2.75, 3.05) is 0 Å². The zero-order valence-corrected chi connectivity index (χ0v) is 10.9. The summed E-state index contributed by atoms with van der Waals surface area (Å²) in [6, 6.07) is 0.585. The maximum atomic E-state index is 12.1. The molecule has 0 aliphatic rings. The van der Waals surface area contributed by atoms with Gasteiger partial charge in [0.2, 0.25) is 5.75 Å². The van der Waals surface area contributed by atoms with Crippen molar-refractivity contribution >= 4 is 34.2 Å². The number of pyridine rings is 1. The lowest BCUT2D eigenvalue weighted by Crippen LogP contribution is -2.19. The largest absolute Gasteiger partial charge is 0.573 e. The zero-order valence-electron chi connectivity index (χ0n) is 8.77. The molecule has 0 radical (unpaired) electrons. The predicted octanol–water partition coefficient (Wildman–Crippen LogP) is 2.12.